The van der Waals surface area contributed by atoms with Crippen LogP contribution in [0.3, 0.4) is 0 Å². The van der Waals surface area contributed by atoms with E-state index in [0.717, 1.165) is 44.6 Å². The summed E-state index contributed by atoms with van der Waals surface area (Å²) in [7, 11) is 0. The molecule has 0 saturated carbocycles. The average molecular weight is 306 g/mol. The van der Waals surface area contributed by atoms with E-state index in [1.807, 2.05) is 12.1 Å². The quantitative estimate of drug-likeness (QED) is 0.927. The average Bonchev–Trinajstić information content (AvgIpc) is 3.03. The number of halogens is 1. The highest BCUT2D eigenvalue weighted by molar-refractivity contribution is 5.78. The maximum Gasteiger partial charge on any atom is 0.223 e. The summed E-state index contributed by atoms with van der Waals surface area (Å²) in [6.45, 7) is 4.00. The van der Waals surface area contributed by atoms with E-state index in [0.29, 0.717) is 19.1 Å². The summed E-state index contributed by atoms with van der Waals surface area (Å²) in [4.78, 5) is 14.4. The number of carbonyl (C=O) groups excluding carboxylic acids is 1. The first-order chi connectivity index (χ1) is 10.7. The van der Waals surface area contributed by atoms with E-state index in [1.165, 1.54) is 12.1 Å². The molecule has 0 spiro atoms. The highest BCUT2D eigenvalue weighted by Gasteiger charge is 2.25. The van der Waals surface area contributed by atoms with Crippen molar-refractivity contribution in [2.75, 3.05) is 37.7 Å². The van der Waals surface area contributed by atoms with Crippen LogP contribution in [0.4, 0.5) is 10.1 Å². The molecule has 5 heteroatoms. The number of hydrogen-bond donors (Lipinski definition) is 1. The SMILES string of the molecule is O=C(NC[C@@H]1CCN(c2ccc(F)cc2)C1)C1CCOCC1. The molecule has 0 aliphatic carbocycles. The molecule has 1 atom stereocenters. The summed E-state index contributed by atoms with van der Waals surface area (Å²) in [6, 6.07) is 6.63. The van der Waals surface area contributed by atoms with Crippen LogP contribution in [0.25, 0.3) is 0 Å². The Hall–Kier alpha value is -1.62. The largest absolute Gasteiger partial charge is 0.381 e. The molecule has 0 unspecified atom stereocenters. The van der Waals surface area contributed by atoms with Gasteiger partial charge in [-0.2, -0.15) is 0 Å². The molecule has 2 aliphatic heterocycles. The van der Waals surface area contributed by atoms with E-state index in [1.54, 1.807) is 0 Å². The zero-order valence-electron chi connectivity index (χ0n) is 12.8. The Labute approximate surface area is 130 Å². The number of nitrogens with one attached hydrogen (secondary N) is 1. The van der Waals surface area contributed by atoms with E-state index in [-0.39, 0.29) is 17.6 Å². The Morgan fingerprint density at radius 2 is 1.95 bits per heavy atom. The molecule has 1 aromatic carbocycles. The number of carbonyl (C=O) groups is 1. The van der Waals surface area contributed by atoms with Crippen LogP contribution in [0.5, 0.6) is 0 Å². The second kappa shape index (κ2) is 7.09. The Bertz CT molecular complexity index is 500. The van der Waals surface area contributed by atoms with Gasteiger partial charge in [0, 0.05) is 44.5 Å². The third kappa shape index (κ3) is 3.77. The van der Waals surface area contributed by atoms with Gasteiger partial charge in [0.2, 0.25) is 5.91 Å². The van der Waals surface area contributed by atoms with Crippen LogP contribution < -0.4 is 10.2 Å². The van der Waals surface area contributed by atoms with Gasteiger partial charge < -0.3 is 15.0 Å². The van der Waals surface area contributed by atoms with Gasteiger partial charge in [0.25, 0.3) is 0 Å². The lowest BCUT2D eigenvalue weighted by atomic mass is 9.99. The zero-order chi connectivity index (χ0) is 15.4. The molecule has 2 saturated heterocycles. The molecule has 4 nitrogen and oxygen atoms in total. The van der Waals surface area contributed by atoms with Crippen LogP contribution >= 0.6 is 0 Å². The van der Waals surface area contributed by atoms with Gasteiger partial charge >= 0.3 is 0 Å². The van der Waals surface area contributed by atoms with E-state index in [4.69, 9.17) is 4.74 Å². The van der Waals surface area contributed by atoms with Crippen LogP contribution in [0.1, 0.15) is 19.3 Å². The standard InChI is InChI=1S/C17H23FN2O2/c18-15-1-3-16(4-2-15)20-8-5-13(12-20)11-19-17(21)14-6-9-22-10-7-14/h1-4,13-14H,5-12H2,(H,19,21)/t13-/m0/s1. The molecule has 2 fully saturated rings. The third-order valence-electron chi connectivity index (χ3n) is 4.63. The Kier molecular flexibility index (Phi) is 4.93. The van der Waals surface area contributed by atoms with Gasteiger partial charge in [0.05, 0.1) is 0 Å². The van der Waals surface area contributed by atoms with Gasteiger partial charge in [0.1, 0.15) is 5.82 Å². The van der Waals surface area contributed by atoms with Crippen molar-refractivity contribution in [1.82, 2.24) is 5.32 Å². The second-order valence-electron chi connectivity index (χ2n) is 6.21. The minimum Gasteiger partial charge on any atom is -0.381 e. The van der Waals surface area contributed by atoms with Gasteiger partial charge in [0.15, 0.2) is 0 Å². The highest BCUT2D eigenvalue weighted by atomic mass is 19.1. The Morgan fingerprint density at radius 1 is 1.23 bits per heavy atom. The van der Waals surface area contributed by atoms with Crippen molar-refractivity contribution in [1.29, 1.82) is 0 Å². The Morgan fingerprint density at radius 3 is 2.68 bits per heavy atom. The summed E-state index contributed by atoms with van der Waals surface area (Å²) in [5.41, 5.74) is 1.06. The number of hydrogen-bond acceptors (Lipinski definition) is 3. The van der Waals surface area contributed by atoms with Gasteiger partial charge in [-0.1, -0.05) is 0 Å². The number of anilines is 1. The molecule has 1 amide bonds. The summed E-state index contributed by atoms with van der Waals surface area (Å²) in [6.07, 6.45) is 2.72. The lowest BCUT2D eigenvalue weighted by Crippen LogP contribution is -2.37. The lowest BCUT2D eigenvalue weighted by Gasteiger charge is -2.22. The van der Waals surface area contributed by atoms with E-state index in [9.17, 15) is 9.18 Å². The molecule has 22 heavy (non-hydrogen) atoms. The number of ether oxygens (including phenoxy) is 1. The van der Waals surface area contributed by atoms with Gasteiger partial charge in [-0.15, -0.1) is 0 Å². The fourth-order valence-corrected chi connectivity index (χ4v) is 3.23. The molecule has 0 aromatic heterocycles. The van der Waals surface area contributed by atoms with Gasteiger partial charge in [-0.05, 0) is 49.4 Å². The molecule has 2 aliphatic rings. The molecule has 1 aromatic rings. The van der Waals surface area contributed by atoms with Crippen molar-refractivity contribution in [3.05, 3.63) is 30.1 Å². The fourth-order valence-electron chi connectivity index (χ4n) is 3.23. The molecular weight excluding hydrogens is 283 g/mol. The first-order valence-electron chi connectivity index (χ1n) is 8.08. The predicted octanol–water partition coefficient (Wildman–Crippen LogP) is 2.19. The van der Waals surface area contributed by atoms with Crippen molar-refractivity contribution in [2.24, 2.45) is 11.8 Å². The summed E-state index contributed by atoms with van der Waals surface area (Å²) >= 11 is 0. The molecule has 2 heterocycles. The topological polar surface area (TPSA) is 41.6 Å². The van der Waals surface area contributed by atoms with Crippen LogP contribution in [0.15, 0.2) is 24.3 Å². The summed E-state index contributed by atoms with van der Waals surface area (Å²) in [5.74, 6) is 0.545. The smallest absolute Gasteiger partial charge is 0.223 e. The normalized spacial score (nSPS) is 22.8. The first-order valence-corrected chi connectivity index (χ1v) is 8.08. The summed E-state index contributed by atoms with van der Waals surface area (Å²) in [5, 5.41) is 3.09. The van der Waals surface area contributed by atoms with E-state index < -0.39 is 0 Å². The molecule has 0 radical (unpaired) electrons. The van der Waals surface area contributed by atoms with Crippen LogP contribution in [-0.4, -0.2) is 38.8 Å². The second-order valence-corrected chi connectivity index (χ2v) is 6.21. The molecule has 0 bridgehead atoms. The van der Waals surface area contributed by atoms with Crippen LogP contribution in [0.2, 0.25) is 0 Å². The van der Waals surface area contributed by atoms with Crippen molar-refractivity contribution in [3.63, 3.8) is 0 Å². The molecule has 3 rings (SSSR count). The van der Waals surface area contributed by atoms with Crippen molar-refractivity contribution < 1.29 is 13.9 Å². The van der Waals surface area contributed by atoms with E-state index >= 15 is 0 Å². The fraction of sp³-hybridized carbons (Fsp3) is 0.588. The molecular formula is C17H23FN2O2. The summed E-state index contributed by atoms with van der Waals surface area (Å²) < 4.78 is 18.2. The van der Waals surface area contributed by atoms with Gasteiger partial charge in [-0.25, -0.2) is 4.39 Å². The minimum atomic E-state index is -0.205. The first kappa shape index (κ1) is 15.3. The number of amides is 1. The Balaban J connectivity index is 1.44. The van der Waals surface area contributed by atoms with Crippen molar-refractivity contribution in [2.45, 2.75) is 19.3 Å². The monoisotopic (exact) mass is 306 g/mol. The lowest BCUT2D eigenvalue weighted by molar-refractivity contribution is -0.128. The number of benzene rings is 1. The van der Waals surface area contributed by atoms with E-state index in [2.05, 4.69) is 10.2 Å². The van der Waals surface area contributed by atoms with Crippen molar-refractivity contribution in [3.8, 4) is 0 Å². The predicted molar refractivity (Wildman–Crippen MR) is 83.3 cm³/mol. The number of rotatable bonds is 4. The third-order valence-corrected chi connectivity index (χ3v) is 4.63. The van der Waals surface area contributed by atoms with Crippen LogP contribution in [0, 0.1) is 17.7 Å². The number of nitrogens with zero attached hydrogens (tertiary/aromatic N) is 1. The molecule has 1 N–H and O–H groups in total. The maximum absolute atomic E-state index is 13.0. The highest BCUT2D eigenvalue weighted by Crippen LogP contribution is 2.24. The molecule has 120 valence electrons. The zero-order valence-corrected chi connectivity index (χ0v) is 12.8. The van der Waals surface area contributed by atoms with Gasteiger partial charge in [-0.3, -0.25) is 4.79 Å². The van der Waals surface area contributed by atoms with Crippen molar-refractivity contribution >= 4 is 11.6 Å². The van der Waals surface area contributed by atoms with Crippen LogP contribution in [-0.2, 0) is 9.53 Å². The maximum atomic E-state index is 13.0. The minimum absolute atomic E-state index is 0.114.